The van der Waals surface area contributed by atoms with Crippen molar-refractivity contribution in [2.75, 3.05) is 11.5 Å². The summed E-state index contributed by atoms with van der Waals surface area (Å²) in [6, 6.07) is 7.24. The van der Waals surface area contributed by atoms with Gasteiger partial charge in [-0.2, -0.15) is 4.31 Å². The third-order valence-electron chi connectivity index (χ3n) is 2.62. The maximum absolute atomic E-state index is 11.9. The molecular formula is C12H20N2O2S. The van der Waals surface area contributed by atoms with Gasteiger partial charge in [0, 0.05) is 18.3 Å². The third kappa shape index (κ3) is 3.71. The van der Waals surface area contributed by atoms with Crippen molar-refractivity contribution in [1.29, 1.82) is 0 Å². The smallest absolute Gasteiger partial charge is 0.214 e. The molecule has 0 fully saturated rings. The molecule has 96 valence electrons. The maximum atomic E-state index is 11.9. The van der Waals surface area contributed by atoms with E-state index in [1.165, 1.54) is 4.31 Å². The topological polar surface area (TPSA) is 63.4 Å². The average molecular weight is 256 g/mol. The third-order valence-corrected chi connectivity index (χ3v) is 4.61. The highest BCUT2D eigenvalue weighted by Crippen LogP contribution is 2.14. The largest absolute Gasteiger partial charge is 0.399 e. The Kier molecular flexibility index (Phi) is 4.54. The molecule has 0 heterocycles. The Hall–Kier alpha value is -1.07. The molecule has 0 aromatic heterocycles. The van der Waals surface area contributed by atoms with Crippen molar-refractivity contribution in [3.8, 4) is 0 Å². The molecule has 1 aromatic rings. The lowest BCUT2D eigenvalue weighted by molar-refractivity contribution is 0.349. The second-order valence-corrected chi connectivity index (χ2v) is 6.49. The van der Waals surface area contributed by atoms with E-state index < -0.39 is 10.0 Å². The van der Waals surface area contributed by atoms with Gasteiger partial charge in [-0.25, -0.2) is 8.42 Å². The van der Waals surface area contributed by atoms with Crippen LogP contribution in [-0.4, -0.2) is 24.5 Å². The molecule has 17 heavy (non-hydrogen) atoms. The van der Waals surface area contributed by atoms with Crippen molar-refractivity contribution in [2.45, 2.75) is 33.4 Å². The fraction of sp³-hybridized carbons (Fsp3) is 0.500. The quantitative estimate of drug-likeness (QED) is 0.817. The van der Waals surface area contributed by atoms with E-state index in [0.29, 0.717) is 12.2 Å². The van der Waals surface area contributed by atoms with Crippen molar-refractivity contribution in [1.82, 2.24) is 4.31 Å². The maximum Gasteiger partial charge on any atom is 0.214 e. The zero-order valence-electron chi connectivity index (χ0n) is 10.6. The zero-order chi connectivity index (χ0) is 13.1. The molecule has 0 saturated heterocycles. The summed E-state index contributed by atoms with van der Waals surface area (Å²) in [4.78, 5) is 0. The van der Waals surface area contributed by atoms with Crippen LogP contribution in [0.4, 0.5) is 5.69 Å². The molecule has 0 aliphatic heterocycles. The number of hydrogen-bond donors (Lipinski definition) is 1. The summed E-state index contributed by atoms with van der Waals surface area (Å²) < 4.78 is 25.3. The molecule has 4 nitrogen and oxygen atoms in total. The predicted molar refractivity (Wildman–Crippen MR) is 71.0 cm³/mol. The van der Waals surface area contributed by atoms with Crippen LogP contribution in [0.2, 0.25) is 0 Å². The second kappa shape index (κ2) is 5.51. The fourth-order valence-corrected chi connectivity index (χ4v) is 2.89. The molecule has 0 radical (unpaired) electrons. The summed E-state index contributed by atoms with van der Waals surface area (Å²) in [7, 11) is -3.17. The van der Waals surface area contributed by atoms with Crippen LogP contribution in [0, 0.1) is 0 Å². The molecule has 0 amide bonds. The summed E-state index contributed by atoms with van der Waals surface area (Å²) in [5.74, 6) is 0.125. The van der Waals surface area contributed by atoms with Crippen LogP contribution in [0.5, 0.6) is 0 Å². The van der Waals surface area contributed by atoms with Gasteiger partial charge in [0.15, 0.2) is 0 Å². The van der Waals surface area contributed by atoms with Crippen molar-refractivity contribution < 1.29 is 8.42 Å². The number of nitrogen functional groups attached to an aromatic ring is 1. The molecule has 0 atom stereocenters. The number of rotatable bonds is 5. The highest BCUT2D eigenvalue weighted by atomic mass is 32.2. The molecular weight excluding hydrogens is 236 g/mol. The van der Waals surface area contributed by atoms with Gasteiger partial charge in [0.1, 0.15) is 0 Å². The lowest BCUT2D eigenvalue weighted by atomic mass is 10.2. The van der Waals surface area contributed by atoms with Gasteiger partial charge in [0.05, 0.1) is 5.75 Å². The van der Waals surface area contributed by atoms with Crippen molar-refractivity contribution in [3.05, 3.63) is 29.8 Å². The Morgan fingerprint density at radius 2 is 1.76 bits per heavy atom. The fourth-order valence-electron chi connectivity index (χ4n) is 1.57. The van der Waals surface area contributed by atoms with Crippen LogP contribution in [0.1, 0.15) is 26.3 Å². The number of nitrogens with two attached hydrogens (primary N) is 1. The predicted octanol–water partition coefficient (Wildman–Crippen LogP) is 1.83. The van der Waals surface area contributed by atoms with Gasteiger partial charge in [0.2, 0.25) is 10.0 Å². The molecule has 0 spiro atoms. The van der Waals surface area contributed by atoms with Gasteiger partial charge in [0.25, 0.3) is 0 Å². The van der Waals surface area contributed by atoms with Crippen LogP contribution in [0.3, 0.4) is 0 Å². The number of anilines is 1. The second-order valence-electron chi connectivity index (χ2n) is 4.28. The number of nitrogens with zero attached hydrogens (tertiary/aromatic N) is 1. The van der Waals surface area contributed by atoms with Gasteiger partial charge >= 0.3 is 0 Å². The van der Waals surface area contributed by atoms with Crippen molar-refractivity contribution >= 4 is 15.7 Å². The first kappa shape index (κ1) is 14.0. The van der Waals surface area contributed by atoms with Crippen LogP contribution in [0.25, 0.3) is 0 Å². The minimum atomic E-state index is -3.17. The Morgan fingerprint density at radius 1 is 1.24 bits per heavy atom. The van der Waals surface area contributed by atoms with E-state index in [4.69, 9.17) is 5.73 Å². The Balaban J connectivity index is 2.92. The minimum absolute atomic E-state index is 0.0440. The summed E-state index contributed by atoms with van der Waals surface area (Å²) in [5, 5.41) is 0. The standard InChI is InChI=1S/C12H20N2O2S/c1-4-17(15,16)14(10(2)3)9-11-5-7-12(13)8-6-11/h5-8,10H,4,9,13H2,1-3H3. The molecule has 5 heteroatoms. The Labute approximate surface area is 103 Å². The van der Waals surface area contributed by atoms with E-state index >= 15 is 0 Å². The Bertz CT molecular complexity index is 452. The van der Waals surface area contributed by atoms with E-state index in [-0.39, 0.29) is 11.8 Å². The summed E-state index contributed by atoms with van der Waals surface area (Å²) in [6.07, 6.45) is 0. The molecule has 2 N–H and O–H groups in total. The zero-order valence-corrected chi connectivity index (χ0v) is 11.4. The summed E-state index contributed by atoms with van der Waals surface area (Å²) in [5.41, 5.74) is 7.23. The monoisotopic (exact) mass is 256 g/mol. The average Bonchev–Trinajstić information content (AvgIpc) is 2.27. The van der Waals surface area contributed by atoms with Crippen LogP contribution < -0.4 is 5.73 Å². The summed E-state index contributed by atoms with van der Waals surface area (Å²) in [6.45, 7) is 5.82. The SMILES string of the molecule is CCS(=O)(=O)N(Cc1ccc(N)cc1)C(C)C. The van der Waals surface area contributed by atoms with E-state index in [0.717, 1.165) is 5.56 Å². The van der Waals surface area contributed by atoms with Gasteiger partial charge < -0.3 is 5.73 Å². The normalized spacial score (nSPS) is 12.3. The lowest BCUT2D eigenvalue weighted by Crippen LogP contribution is -2.37. The van der Waals surface area contributed by atoms with Gasteiger partial charge in [-0.1, -0.05) is 12.1 Å². The van der Waals surface area contributed by atoms with E-state index in [9.17, 15) is 8.42 Å². The molecule has 0 saturated carbocycles. The van der Waals surface area contributed by atoms with Crippen LogP contribution in [-0.2, 0) is 16.6 Å². The first-order valence-electron chi connectivity index (χ1n) is 5.70. The number of hydrogen-bond acceptors (Lipinski definition) is 3. The number of sulfonamides is 1. The van der Waals surface area contributed by atoms with Gasteiger partial charge in [-0.3, -0.25) is 0 Å². The highest BCUT2D eigenvalue weighted by Gasteiger charge is 2.22. The van der Waals surface area contributed by atoms with E-state index in [2.05, 4.69) is 0 Å². The number of benzene rings is 1. The van der Waals surface area contributed by atoms with Gasteiger partial charge in [-0.15, -0.1) is 0 Å². The first-order chi connectivity index (χ1) is 7.86. The molecule has 0 aliphatic carbocycles. The molecule has 0 unspecified atom stereocenters. The molecule has 0 bridgehead atoms. The van der Waals surface area contributed by atoms with E-state index in [1.54, 1.807) is 19.1 Å². The molecule has 1 aromatic carbocycles. The lowest BCUT2D eigenvalue weighted by Gasteiger charge is -2.25. The van der Waals surface area contributed by atoms with E-state index in [1.807, 2.05) is 26.0 Å². The summed E-state index contributed by atoms with van der Waals surface area (Å²) >= 11 is 0. The molecule has 1 rings (SSSR count). The molecule has 0 aliphatic rings. The first-order valence-corrected chi connectivity index (χ1v) is 7.31. The Morgan fingerprint density at radius 3 is 2.18 bits per heavy atom. The van der Waals surface area contributed by atoms with Crippen LogP contribution >= 0.6 is 0 Å². The van der Waals surface area contributed by atoms with Crippen molar-refractivity contribution in [3.63, 3.8) is 0 Å². The minimum Gasteiger partial charge on any atom is -0.399 e. The highest BCUT2D eigenvalue weighted by molar-refractivity contribution is 7.89. The van der Waals surface area contributed by atoms with Gasteiger partial charge in [-0.05, 0) is 38.5 Å². The van der Waals surface area contributed by atoms with Crippen molar-refractivity contribution in [2.24, 2.45) is 0 Å². The van der Waals surface area contributed by atoms with Crippen LogP contribution in [0.15, 0.2) is 24.3 Å².